The summed E-state index contributed by atoms with van der Waals surface area (Å²) in [6.45, 7) is 2.01. The van der Waals surface area contributed by atoms with Crippen LogP contribution in [0, 0.1) is 0 Å². The second-order valence-corrected chi connectivity index (χ2v) is 4.60. The van der Waals surface area contributed by atoms with E-state index in [-0.39, 0.29) is 6.17 Å². The highest BCUT2D eigenvalue weighted by atomic mass is 35.5. The first-order valence-electron chi connectivity index (χ1n) is 5.56. The fourth-order valence-corrected chi connectivity index (χ4v) is 2.33. The Morgan fingerprint density at radius 3 is 2.76 bits per heavy atom. The van der Waals surface area contributed by atoms with Crippen LogP contribution in [-0.4, -0.2) is 17.7 Å². The van der Waals surface area contributed by atoms with E-state index in [4.69, 9.17) is 11.6 Å². The minimum absolute atomic E-state index is 0.126. The number of nitrogens with zero attached hydrogens (tertiary/aromatic N) is 2. The Hall–Kier alpha value is -1.61. The Kier molecular flexibility index (Phi) is 2.48. The molecule has 0 bridgehead atoms. The van der Waals surface area contributed by atoms with Crippen molar-refractivity contribution in [3.05, 3.63) is 46.6 Å². The fourth-order valence-electron chi connectivity index (χ4n) is 2.08. The van der Waals surface area contributed by atoms with Gasteiger partial charge in [0, 0.05) is 23.3 Å². The van der Waals surface area contributed by atoms with Crippen LogP contribution in [0.25, 0.3) is 0 Å². The zero-order valence-corrected chi connectivity index (χ0v) is 10.2. The number of hydrogen-bond donors (Lipinski definition) is 1. The second kappa shape index (κ2) is 4.00. The van der Waals surface area contributed by atoms with Gasteiger partial charge in [-0.2, -0.15) is 0 Å². The lowest BCUT2D eigenvalue weighted by Gasteiger charge is -2.19. The van der Waals surface area contributed by atoms with Gasteiger partial charge < -0.3 is 5.32 Å². The number of nitrogens with one attached hydrogen (secondary N) is 1. The summed E-state index contributed by atoms with van der Waals surface area (Å²) >= 11 is 6.24. The van der Waals surface area contributed by atoms with Gasteiger partial charge in [0.1, 0.15) is 11.0 Å². The first-order chi connectivity index (χ1) is 8.24. The van der Waals surface area contributed by atoms with Crippen molar-refractivity contribution in [1.82, 2.24) is 5.32 Å². The Balaban J connectivity index is 1.98. The Labute approximate surface area is 105 Å². The van der Waals surface area contributed by atoms with Crippen LogP contribution in [0.2, 0.25) is 0 Å². The summed E-state index contributed by atoms with van der Waals surface area (Å²) in [5, 5.41) is 3.82. The molecule has 3 nitrogen and oxygen atoms in total. The molecule has 1 N–H and O–H groups in total. The van der Waals surface area contributed by atoms with Gasteiger partial charge in [0.2, 0.25) is 0 Å². The number of benzene rings is 1. The molecule has 1 aromatic rings. The molecule has 1 atom stereocenters. The fraction of sp³-hybridized carbons (Fsp3) is 0.231. The lowest BCUT2D eigenvalue weighted by Crippen LogP contribution is -2.29. The molecule has 17 heavy (non-hydrogen) atoms. The van der Waals surface area contributed by atoms with Crippen LogP contribution in [0.15, 0.2) is 51.0 Å². The highest BCUT2D eigenvalue weighted by Gasteiger charge is 2.28. The standard InChI is InChI=1S/C13H12ClN3/c1-8-7-10-11(14)16-12(17-13(10)15-8)9-5-3-2-4-6-9/h2-6,13H,7H2,1H3,(H,16,17). The summed E-state index contributed by atoms with van der Waals surface area (Å²) < 4.78 is 0. The lowest BCUT2D eigenvalue weighted by atomic mass is 10.1. The molecule has 2 heterocycles. The van der Waals surface area contributed by atoms with E-state index in [9.17, 15) is 0 Å². The summed E-state index contributed by atoms with van der Waals surface area (Å²) in [5.41, 5.74) is 3.19. The van der Waals surface area contributed by atoms with Crippen molar-refractivity contribution in [2.45, 2.75) is 19.5 Å². The van der Waals surface area contributed by atoms with Crippen LogP contribution < -0.4 is 5.32 Å². The van der Waals surface area contributed by atoms with Crippen LogP contribution >= 0.6 is 11.6 Å². The molecule has 0 fully saturated rings. The molecule has 3 rings (SSSR count). The van der Waals surface area contributed by atoms with Crippen LogP contribution in [-0.2, 0) is 0 Å². The van der Waals surface area contributed by atoms with E-state index in [1.54, 1.807) is 0 Å². The topological polar surface area (TPSA) is 36.8 Å². The van der Waals surface area contributed by atoms with Crippen LogP contribution in [0.4, 0.5) is 0 Å². The van der Waals surface area contributed by atoms with Gasteiger partial charge in [0.25, 0.3) is 0 Å². The molecule has 0 aromatic heterocycles. The van der Waals surface area contributed by atoms with Crippen molar-refractivity contribution in [2.24, 2.45) is 9.98 Å². The van der Waals surface area contributed by atoms with E-state index in [0.717, 1.165) is 29.1 Å². The van der Waals surface area contributed by atoms with E-state index >= 15 is 0 Å². The maximum absolute atomic E-state index is 6.24. The quantitative estimate of drug-likeness (QED) is 0.759. The van der Waals surface area contributed by atoms with Gasteiger partial charge in [-0.25, -0.2) is 4.99 Å². The maximum Gasteiger partial charge on any atom is 0.166 e. The second-order valence-electron chi connectivity index (χ2n) is 4.22. The predicted octanol–water partition coefficient (Wildman–Crippen LogP) is 2.68. The van der Waals surface area contributed by atoms with Gasteiger partial charge in [0.15, 0.2) is 6.17 Å². The summed E-state index contributed by atoms with van der Waals surface area (Å²) in [5.74, 6) is 0.794. The first kappa shape index (κ1) is 10.5. The van der Waals surface area contributed by atoms with Crippen molar-refractivity contribution in [1.29, 1.82) is 0 Å². The predicted molar refractivity (Wildman–Crippen MR) is 70.5 cm³/mol. The molecule has 1 unspecified atom stereocenters. The molecule has 0 amide bonds. The Morgan fingerprint density at radius 2 is 2.00 bits per heavy atom. The van der Waals surface area contributed by atoms with Gasteiger partial charge in [-0.05, 0) is 6.92 Å². The zero-order chi connectivity index (χ0) is 11.8. The molecule has 0 saturated heterocycles. The zero-order valence-electron chi connectivity index (χ0n) is 9.44. The third-order valence-corrected chi connectivity index (χ3v) is 3.25. The van der Waals surface area contributed by atoms with Gasteiger partial charge in [-0.1, -0.05) is 41.9 Å². The number of halogens is 1. The summed E-state index contributed by atoms with van der Waals surface area (Å²) in [6.07, 6.45) is 0.696. The van der Waals surface area contributed by atoms with Crippen LogP contribution in [0.5, 0.6) is 0 Å². The van der Waals surface area contributed by atoms with Gasteiger partial charge in [-0.15, -0.1) is 0 Å². The number of fused-ring (bicyclic) bond motifs is 1. The Bertz CT molecular complexity index is 543. The monoisotopic (exact) mass is 245 g/mol. The normalized spacial score (nSPS) is 22.8. The van der Waals surface area contributed by atoms with Crippen LogP contribution in [0.3, 0.4) is 0 Å². The number of hydrogen-bond acceptors (Lipinski definition) is 3. The molecule has 0 spiro atoms. The van der Waals surface area contributed by atoms with E-state index in [1.807, 2.05) is 37.3 Å². The number of amidine groups is 1. The number of aliphatic imine (C=N–C) groups is 2. The molecule has 2 aliphatic rings. The minimum Gasteiger partial charge on any atom is -0.330 e. The molecule has 86 valence electrons. The molecule has 0 saturated carbocycles. The Morgan fingerprint density at radius 1 is 1.24 bits per heavy atom. The average Bonchev–Trinajstić information content (AvgIpc) is 2.71. The summed E-state index contributed by atoms with van der Waals surface area (Å²) in [7, 11) is 0. The van der Waals surface area contributed by atoms with Crippen LogP contribution in [0.1, 0.15) is 18.9 Å². The summed E-state index contributed by atoms with van der Waals surface area (Å²) in [6, 6.07) is 9.96. The minimum atomic E-state index is -0.126. The van der Waals surface area contributed by atoms with E-state index < -0.39 is 0 Å². The highest BCUT2D eigenvalue weighted by Crippen LogP contribution is 2.29. The average molecular weight is 246 g/mol. The van der Waals surface area contributed by atoms with E-state index in [0.29, 0.717) is 5.16 Å². The van der Waals surface area contributed by atoms with Gasteiger partial charge in [0.05, 0.1) is 0 Å². The number of rotatable bonds is 1. The van der Waals surface area contributed by atoms with Gasteiger partial charge in [-0.3, -0.25) is 4.99 Å². The van der Waals surface area contributed by atoms with E-state index in [2.05, 4.69) is 15.3 Å². The molecule has 2 aliphatic heterocycles. The molecule has 0 aliphatic carbocycles. The lowest BCUT2D eigenvalue weighted by molar-refractivity contribution is 0.805. The van der Waals surface area contributed by atoms with Gasteiger partial charge >= 0.3 is 0 Å². The molecule has 1 aromatic carbocycles. The largest absolute Gasteiger partial charge is 0.330 e. The third-order valence-electron chi connectivity index (χ3n) is 2.91. The summed E-state index contributed by atoms with van der Waals surface area (Å²) in [4.78, 5) is 9.07. The van der Waals surface area contributed by atoms with E-state index in [1.165, 1.54) is 0 Å². The SMILES string of the molecule is CC1=NC2N=C(c3ccccc3)NC(Cl)=C2C1. The van der Waals surface area contributed by atoms with Crippen molar-refractivity contribution in [3.8, 4) is 0 Å². The maximum atomic E-state index is 6.24. The molecular formula is C13H12ClN3. The molecule has 4 heteroatoms. The van der Waals surface area contributed by atoms with Crippen molar-refractivity contribution >= 4 is 23.1 Å². The van der Waals surface area contributed by atoms with Crippen molar-refractivity contribution in [2.75, 3.05) is 0 Å². The third kappa shape index (κ3) is 1.87. The smallest absolute Gasteiger partial charge is 0.166 e. The van der Waals surface area contributed by atoms with Crippen molar-refractivity contribution < 1.29 is 0 Å². The highest BCUT2D eigenvalue weighted by molar-refractivity contribution is 6.32. The van der Waals surface area contributed by atoms with Crippen molar-refractivity contribution in [3.63, 3.8) is 0 Å². The molecular weight excluding hydrogens is 234 g/mol. The first-order valence-corrected chi connectivity index (χ1v) is 5.94. The molecule has 0 radical (unpaired) electrons.